The zero-order valence-corrected chi connectivity index (χ0v) is 13.2. The highest BCUT2D eigenvalue weighted by Crippen LogP contribution is 2.22. The van der Waals surface area contributed by atoms with Crippen molar-refractivity contribution in [2.24, 2.45) is 5.41 Å². The van der Waals surface area contributed by atoms with Crippen molar-refractivity contribution < 1.29 is 4.79 Å². The molecule has 0 aliphatic carbocycles. The van der Waals surface area contributed by atoms with Gasteiger partial charge in [-0.1, -0.05) is 20.8 Å². The molecule has 0 aliphatic heterocycles. The highest BCUT2D eigenvalue weighted by molar-refractivity contribution is 9.10. The lowest BCUT2D eigenvalue weighted by molar-refractivity contribution is 0.0895. The van der Waals surface area contributed by atoms with E-state index in [9.17, 15) is 4.79 Å². The molecule has 1 aromatic heterocycles. The average Bonchev–Trinajstić information content (AvgIpc) is 2.28. The van der Waals surface area contributed by atoms with Gasteiger partial charge < -0.3 is 5.32 Å². The Hall–Kier alpha value is -0.610. The number of alkyl halides is 1. The number of carbonyl (C=O) groups excluding carboxylic acids is 1. The lowest BCUT2D eigenvalue weighted by Crippen LogP contribution is -2.44. The Morgan fingerprint density at radius 2 is 2.17 bits per heavy atom. The van der Waals surface area contributed by atoms with Crippen LogP contribution in [0.3, 0.4) is 0 Å². The first kappa shape index (κ1) is 15.4. The predicted molar refractivity (Wildman–Crippen MR) is 78.0 cm³/mol. The molecule has 1 amide bonds. The summed E-state index contributed by atoms with van der Waals surface area (Å²) in [6.45, 7) is 6.25. The quantitative estimate of drug-likeness (QED) is 0.855. The van der Waals surface area contributed by atoms with Crippen LogP contribution in [0.25, 0.3) is 0 Å². The lowest BCUT2D eigenvalue weighted by Gasteiger charge is -2.31. The molecule has 18 heavy (non-hydrogen) atoms. The maximum absolute atomic E-state index is 12.1. The van der Waals surface area contributed by atoms with E-state index in [2.05, 4.69) is 47.0 Å². The Morgan fingerprint density at radius 1 is 1.50 bits per heavy atom. The Kier molecular flexibility index (Phi) is 5.60. The first-order valence-electron chi connectivity index (χ1n) is 5.83. The minimum absolute atomic E-state index is 0.0279. The van der Waals surface area contributed by atoms with Crippen molar-refractivity contribution in [1.29, 1.82) is 0 Å². The van der Waals surface area contributed by atoms with Crippen LogP contribution < -0.4 is 5.32 Å². The molecule has 5 heteroatoms. The Labute approximate surface area is 121 Å². The van der Waals surface area contributed by atoms with Crippen LogP contribution in [-0.4, -0.2) is 22.8 Å². The molecule has 100 valence electrons. The van der Waals surface area contributed by atoms with Gasteiger partial charge in [-0.2, -0.15) is 0 Å². The molecule has 0 radical (unpaired) electrons. The van der Waals surface area contributed by atoms with Crippen molar-refractivity contribution in [3.63, 3.8) is 0 Å². The minimum Gasteiger partial charge on any atom is -0.347 e. The first-order chi connectivity index (χ1) is 8.34. The van der Waals surface area contributed by atoms with Gasteiger partial charge in [0, 0.05) is 22.6 Å². The summed E-state index contributed by atoms with van der Waals surface area (Å²) in [4.78, 5) is 16.1. The maximum atomic E-state index is 12.1. The molecule has 1 N–H and O–H groups in total. The Bertz CT molecular complexity index is 400. The summed E-state index contributed by atoms with van der Waals surface area (Å²) >= 11 is 9.07. The van der Waals surface area contributed by atoms with Crippen LogP contribution in [0.2, 0.25) is 0 Å². The third kappa shape index (κ3) is 4.58. The normalized spacial score (nSPS) is 13.2. The molecule has 0 aliphatic rings. The Morgan fingerprint density at radius 3 is 2.61 bits per heavy atom. The van der Waals surface area contributed by atoms with E-state index < -0.39 is 0 Å². The van der Waals surface area contributed by atoms with Gasteiger partial charge in [-0.05, 0) is 39.9 Å². The van der Waals surface area contributed by atoms with E-state index in [1.54, 1.807) is 18.3 Å². The number of nitrogens with zero attached hydrogens (tertiary/aromatic N) is 1. The number of amides is 1. The molecule has 0 bridgehead atoms. The number of carbonyl (C=O) groups is 1. The largest absolute Gasteiger partial charge is 0.347 e. The second-order valence-electron chi connectivity index (χ2n) is 5.23. The van der Waals surface area contributed by atoms with Crippen LogP contribution in [0.5, 0.6) is 0 Å². The molecule has 0 saturated heterocycles. The van der Waals surface area contributed by atoms with Crippen molar-refractivity contribution in [1.82, 2.24) is 10.3 Å². The zero-order chi connectivity index (χ0) is 13.8. The highest BCUT2D eigenvalue weighted by atomic mass is 79.9. The summed E-state index contributed by atoms with van der Waals surface area (Å²) in [5.74, 6) is 0.364. The van der Waals surface area contributed by atoms with Gasteiger partial charge in [-0.15, -0.1) is 11.6 Å². The summed E-state index contributed by atoms with van der Waals surface area (Å²) in [5, 5.41) is 2.99. The monoisotopic (exact) mass is 332 g/mol. The van der Waals surface area contributed by atoms with Gasteiger partial charge in [0.25, 0.3) is 5.91 Å². The second kappa shape index (κ2) is 6.53. The van der Waals surface area contributed by atoms with E-state index in [1.807, 2.05) is 0 Å². The molecule has 1 heterocycles. The number of nitrogens with one attached hydrogen (secondary N) is 1. The van der Waals surface area contributed by atoms with Crippen LogP contribution in [0.4, 0.5) is 0 Å². The topological polar surface area (TPSA) is 42.0 Å². The van der Waals surface area contributed by atoms with Crippen molar-refractivity contribution in [3.05, 3.63) is 28.5 Å². The highest BCUT2D eigenvalue weighted by Gasteiger charge is 2.26. The van der Waals surface area contributed by atoms with Crippen LogP contribution in [0, 0.1) is 5.41 Å². The van der Waals surface area contributed by atoms with E-state index in [4.69, 9.17) is 11.6 Å². The van der Waals surface area contributed by atoms with Crippen molar-refractivity contribution in [2.45, 2.75) is 33.2 Å². The fourth-order valence-corrected chi connectivity index (χ4v) is 2.03. The lowest BCUT2D eigenvalue weighted by atomic mass is 9.85. The predicted octanol–water partition coefficient (Wildman–Crippen LogP) is 3.62. The third-order valence-electron chi connectivity index (χ3n) is 2.71. The van der Waals surface area contributed by atoms with Gasteiger partial charge in [-0.3, -0.25) is 4.79 Å². The average molecular weight is 334 g/mol. The van der Waals surface area contributed by atoms with Crippen LogP contribution >= 0.6 is 27.5 Å². The van der Waals surface area contributed by atoms with Gasteiger partial charge in [0.2, 0.25) is 0 Å². The Balaban J connectivity index is 2.75. The SMILES string of the molecule is CC(C)(C)C(CCCl)NC(=O)c1ccc(Br)cn1. The molecular formula is C13H18BrClN2O. The number of aromatic nitrogens is 1. The summed E-state index contributed by atoms with van der Waals surface area (Å²) in [7, 11) is 0. The van der Waals surface area contributed by atoms with Gasteiger partial charge in [0.1, 0.15) is 5.69 Å². The molecule has 0 fully saturated rings. The smallest absolute Gasteiger partial charge is 0.270 e. The molecule has 0 aromatic carbocycles. The number of pyridine rings is 1. The van der Waals surface area contributed by atoms with Crippen LogP contribution in [0.1, 0.15) is 37.7 Å². The summed E-state index contributed by atoms with van der Waals surface area (Å²) in [5.41, 5.74) is 0.391. The molecule has 1 atom stereocenters. The molecule has 0 spiro atoms. The van der Waals surface area contributed by atoms with E-state index in [1.165, 1.54) is 0 Å². The van der Waals surface area contributed by atoms with E-state index in [0.29, 0.717) is 11.6 Å². The van der Waals surface area contributed by atoms with Gasteiger partial charge in [0.15, 0.2) is 0 Å². The number of hydrogen-bond acceptors (Lipinski definition) is 2. The maximum Gasteiger partial charge on any atom is 0.270 e. The number of hydrogen-bond donors (Lipinski definition) is 1. The van der Waals surface area contributed by atoms with Gasteiger partial charge >= 0.3 is 0 Å². The van der Waals surface area contributed by atoms with Crippen LogP contribution in [0.15, 0.2) is 22.8 Å². The molecule has 0 saturated carbocycles. The van der Waals surface area contributed by atoms with Crippen molar-refractivity contribution in [3.8, 4) is 0 Å². The second-order valence-corrected chi connectivity index (χ2v) is 6.53. The van der Waals surface area contributed by atoms with E-state index in [0.717, 1.165) is 10.9 Å². The number of halogens is 2. The fraction of sp³-hybridized carbons (Fsp3) is 0.538. The zero-order valence-electron chi connectivity index (χ0n) is 10.8. The summed E-state index contributed by atoms with van der Waals surface area (Å²) in [6, 6.07) is 3.53. The van der Waals surface area contributed by atoms with Gasteiger partial charge in [0.05, 0.1) is 0 Å². The van der Waals surface area contributed by atoms with Crippen molar-refractivity contribution in [2.75, 3.05) is 5.88 Å². The van der Waals surface area contributed by atoms with E-state index in [-0.39, 0.29) is 17.4 Å². The van der Waals surface area contributed by atoms with Crippen LogP contribution in [-0.2, 0) is 0 Å². The third-order valence-corrected chi connectivity index (χ3v) is 3.40. The minimum atomic E-state index is -0.160. The molecular weight excluding hydrogens is 316 g/mol. The first-order valence-corrected chi connectivity index (χ1v) is 7.15. The molecule has 1 rings (SSSR count). The molecule has 1 aromatic rings. The standard InChI is InChI=1S/C13H18BrClN2O/c1-13(2,3)11(6-7-15)17-12(18)10-5-4-9(14)8-16-10/h4-5,8,11H,6-7H2,1-3H3,(H,17,18). The van der Waals surface area contributed by atoms with E-state index >= 15 is 0 Å². The summed E-state index contributed by atoms with van der Waals surface area (Å²) in [6.07, 6.45) is 2.36. The van der Waals surface area contributed by atoms with Crippen molar-refractivity contribution >= 4 is 33.4 Å². The summed E-state index contributed by atoms with van der Waals surface area (Å²) < 4.78 is 0.854. The molecule has 3 nitrogen and oxygen atoms in total. The molecule has 1 unspecified atom stereocenters. The number of rotatable bonds is 4. The van der Waals surface area contributed by atoms with Gasteiger partial charge in [-0.25, -0.2) is 4.98 Å². The fourth-order valence-electron chi connectivity index (χ4n) is 1.57.